The van der Waals surface area contributed by atoms with Crippen molar-refractivity contribution in [3.8, 4) is 0 Å². The van der Waals surface area contributed by atoms with Gasteiger partial charge in [0.2, 0.25) is 0 Å². The third-order valence-corrected chi connectivity index (χ3v) is 11.9. The fraction of sp³-hybridized carbons (Fsp3) is 0.895. The normalized spacial score (nSPS) is 31.9. The lowest BCUT2D eigenvalue weighted by Crippen LogP contribution is -2.58. The Morgan fingerprint density at radius 2 is 1.26 bits per heavy atom. The van der Waals surface area contributed by atoms with Gasteiger partial charge in [-0.1, -0.05) is 0 Å². The highest BCUT2D eigenvalue weighted by Crippen LogP contribution is 2.66. The molecule has 0 saturated heterocycles. The van der Waals surface area contributed by atoms with E-state index in [4.69, 9.17) is 9.47 Å². The summed E-state index contributed by atoms with van der Waals surface area (Å²) in [6.07, 6.45) is -1.47. The van der Waals surface area contributed by atoms with Gasteiger partial charge in [0.15, 0.2) is 4.58 Å². The van der Waals surface area contributed by atoms with E-state index in [0.717, 1.165) is 13.3 Å². The zero-order chi connectivity index (χ0) is 26.8. The molecular weight excluding hydrogens is 534 g/mol. The maximum absolute atomic E-state index is 13.1. The highest BCUT2D eigenvalue weighted by molar-refractivity contribution is 8.09. The lowest BCUT2D eigenvalue weighted by Gasteiger charge is -2.59. The van der Waals surface area contributed by atoms with Crippen LogP contribution in [-0.4, -0.2) is 57.6 Å². The van der Waals surface area contributed by atoms with Gasteiger partial charge in [-0.3, -0.25) is 9.59 Å². The van der Waals surface area contributed by atoms with Crippen LogP contribution in [0.4, 0.5) is 26.3 Å². The third-order valence-electron chi connectivity index (χ3n) is 7.28. The highest BCUT2D eigenvalue weighted by atomic mass is 32.3. The Hall–Kier alpha value is -1.58. The van der Waals surface area contributed by atoms with Crippen molar-refractivity contribution >= 4 is 31.6 Å². The summed E-state index contributed by atoms with van der Waals surface area (Å²) >= 11 is 0. The molecule has 0 heterocycles. The van der Waals surface area contributed by atoms with Gasteiger partial charge in [0.1, 0.15) is 6.10 Å². The summed E-state index contributed by atoms with van der Waals surface area (Å²) in [7, 11) is -12.5. The van der Waals surface area contributed by atoms with Crippen molar-refractivity contribution in [1.82, 2.24) is 0 Å². The lowest BCUT2D eigenvalue weighted by molar-refractivity contribution is -0.195. The number of ether oxygens (including phenoxy) is 2. The molecule has 3 atom stereocenters. The molecule has 0 spiro atoms. The van der Waals surface area contributed by atoms with E-state index in [1.807, 2.05) is 0 Å². The second-order valence-corrected chi connectivity index (χ2v) is 14.4. The van der Waals surface area contributed by atoms with Gasteiger partial charge < -0.3 is 9.47 Å². The first-order valence-corrected chi connectivity index (χ1v) is 13.7. The van der Waals surface area contributed by atoms with Crippen LogP contribution in [0, 0.1) is 22.7 Å². The molecule has 0 aromatic carbocycles. The van der Waals surface area contributed by atoms with Crippen LogP contribution in [0.5, 0.6) is 0 Å². The number of hydrogen-bond acceptors (Lipinski definition) is 8. The van der Waals surface area contributed by atoms with Gasteiger partial charge in [0.25, 0.3) is 19.7 Å². The zero-order valence-corrected chi connectivity index (χ0v) is 20.2. The molecule has 16 heteroatoms. The fourth-order valence-electron chi connectivity index (χ4n) is 6.30. The van der Waals surface area contributed by atoms with Crippen molar-refractivity contribution in [3.05, 3.63) is 0 Å². The summed E-state index contributed by atoms with van der Waals surface area (Å²) in [6.45, 7) is 0.819. The maximum Gasteiger partial charge on any atom is 0.498 e. The van der Waals surface area contributed by atoms with Gasteiger partial charge in [0.05, 0.1) is 17.9 Å². The molecule has 35 heavy (non-hydrogen) atoms. The molecule has 8 nitrogen and oxygen atoms in total. The number of carbonyl (C=O) groups excluding carboxylic acids is 2. The number of alkyl halides is 6. The first-order chi connectivity index (χ1) is 15.7. The second-order valence-electron chi connectivity index (χ2n) is 9.88. The van der Waals surface area contributed by atoms with Gasteiger partial charge in [-0.15, -0.1) is 0 Å². The molecular formula is C19H24F6O8S2. The predicted octanol–water partition coefficient (Wildman–Crippen LogP) is 3.26. The number of carbonyl (C=O) groups is 2. The Morgan fingerprint density at radius 1 is 0.857 bits per heavy atom. The molecule has 0 aromatic rings. The van der Waals surface area contributed by atoms with Crippen LogP contribution >= 0.6 is 0 Å². The predicted molar refractivity (Wildman–Crippen MR) is 105 cm³/mol. The van der Waals surface area contributed by atoms with Crippen LogP contribution < -0.4 is 0 Å². The number of rotatable bonds is 7. The fourth-order valence-corrected chi connectivity index (χ4v) is 9.94. The summed E-state index contributed by atoms with van der Waals surface area (Å²) in [5.41, 5.74) is -14.8. The topological polar surface area (TPSA) is 121 Å². The van der Waals surface area contributed by atoms with Crippen molar-refractivity contribution in [3.63, 3.8) is 0 Å². The van der Waals surface area contributed by atoms with E-state index in [1.54, 1.807) is 0 Å². The number of halogens is 6. The minimum atomic E-state index is -6.84. The molecule has 4 bridgehead atoms. The maximum atomic E-state index is 13.1. The minimum absolute atomic E-state index is 0.0103. The molecule has 4 saturated carbocycles. The molecule has 0 aromatic heterocycles. The number of sulfone groups is 2. The second kappa shape index (κ2) is 8.48. The Morgan fingerprint density at radius 3 is 1.63 bits per heavy atom. The molecule has 4 aliphatic carbocycles. The molecule has 4 aliphatic rings. The van der Waals surface area contributed by atoms with Crippen molar-refractivity contribution in [1.29, 1.82) is 0 Å². The van der Waals surface area contributed by atoms with Crippen molar-refractivity contribution in [2.24, 2.45) is 22.7 Å². The monoisotopic (exact) mass is 558 g/mol. The molecule has 4 fully saturated rings. The van der Waals surface area contributed by atoms with Crippen LogP contribution in [0.3, 0.4) is 0 Å². The van der Waals surface area contributed by atoms with E-state index < -0.39 is 70.6 Å². The van der Waals surface area contributed by atoms with E-state index >= 15 is 0 Å². The number of methoxy groups -OCH3 is 1. The Kier molecular flexibility index (Phi) is 6.79. The first-order valence-electron chi connectivity index (χ1n) is 10.6. The van der Waals surface area contributed by atoms with Crippen molar-refractivity contribution < 1.29 is 62.2 Å². The van der Waals surface area contributed by atoms with E-state index in [2.05, 4.69) is 0 Å². The molecule has 4 rings (SSSR count). The molecule has 0 N–H and O–H groups in total. The summed E-state index contributed by atoms with van der Waals surface area (Å²) in [6, 6.07) is 0. The summed E-state index contributed by atoms with van der Waals surface area (Å²) in [4.78, 5) is 25.6. The van der Waals surface area contributed by atoms with E-state index in [9.17, 15) is 52.8 Å². The van der Waals surface area contributed by atoms with Crippen molar-refractivity contribution in [2.75, 3.05) is 7.11 Å². The smallest absolute Gasteiger partial charge is 0.469 e. The summed E-state index contributed by atoms with van der Waals surface area (Å²) in [5.74, 6) is -1.64. The number of esters is 2. The van der Waals surface area contributed by atoms with Gasteiger partial charge >= 0.3 is 23.0 Å². The van der Waals surface area contributed by atoms with Crippen LogP contribution in [0.2, 0.25) is 0 Å². The van der Waals surface area contributed by atoms with Gasteiger partial charge in [-0.25, -0.2) is 16.8 Å². The summed E-state index contributed by atoms with van der Waals surface area (Å²) < 4.78 is 131. The third kappa shape index (κ3) is 4.64. The van der Waals surface area contributed by atoms with Crippen LogP contribution in [0.15, 0.2) is 0 Å². The Bertz CT molecular complexity index is 1040. The van der Waals surface area contributed by atoms with Crippen LogP contribution in [-0.2, 0) is 38.7 Å². The van der Waals surface area contributed by atoms with Gasteiger partial charge in [-0.2, -0.15) is 26.3 Å². The van der Waals surface area contributed by atoms with E-state index in [-0.39, 0.29) is 31.1 Å². The zero-order valence-electron chi connectivity index (χ0n) is 18.6. The molecule has 0 amide bonds. The quantitative estimate of drug-likeness (QED) is 0.345. The van der Waals surface area contributed by atoms with Gasteiger partial charge in [0, 0.05) is 6.42 Å². The SMILES string of the molecule is COC(=O)C12CC3CC(C1)CC(C(=O)OC(C)CC(S(=O)(=O)C(F)(F)F)S(=O)(=O)C(F)(F)F)(C3)C2. The first kappa shape index (κ1) is 28.0. The molecule has 0 radical (unpaired) electrons. The van der Waals surface area contributed by atoms with Crippen LogP contribution in [0.25, 0.3) is 0 Å². The van der Waals surface area contributed by atoms with Crippen LogP contribution in [0.1, 0.15) is 51.9 Å². The standard InChI is InChI=1S/C19H24F6O8S2/c1-10(3-13(34(28,29)18(20,21)22)35(30,31)19(23,24)25)33-15(27)17-7-11-4-12(8-17)6-16(5-11,9-17)14(26)32-2/h10-13H,3-9H2,1-2H3. The average Bonchev–Trinajstić information content (AvgIpc) is 2.68. The minimum Gasteiger partial charge on any atom is -0.469 e. The van der Waals surface area contributed by atoms with Gasteiger partial charge in [-0.05, 0) is 57.3 Å². The molecule has 3 unspecified atom stereocenters. The van der Waals surface area contributed by atoms with Crippen molar-refractivity contribution in [2.45, 2.75) is 73.6 Å². The molecule has 202 valence electrons. The van der Waals surface area contributed by atoms with E-state index in [1.165, 1.54) is 7.11 Å². The Balaban J connectivity index is 1.86. The molecule has 0 aliphatic heterocycles. The van der Waals surface area contributed by atoms with E-state index in [0.29, 0.717) is 12.8 Å². The Labute approximate surface area is 197 Å². The average molecular weight is 559 g/mol. The lowest BCUT2D eigenvalue weighted by atomic mass is 9.44. The number of hydrogen-bond donors (Lipinski definition) is 0. The largest absolute Gasteiger partial charge is 0.498 e. The summed E-state index contributed by atoms with van der Waals surface area (Å²) in [5, 5.41) is 0. The highest BCUT2D eigenvalue weighted by Gasteiger charge is 2.65.